The Morgan fingerprint density at radius 3 is 1.04 bits per heavy atom. The smallest absolute Gasteiger partial charge is 0.394 e. The molecule has 11 nitrogen and oxygen atoms in total. The largest absolute Gasteiger partial charge is 0.394 e. The third-order valence-corrected chi connectivity index (χ3v) is 2.30. The topological polar surface area (TPSA) is 150 Å². The quantitative estimate of drug-likeness (QED) is 0.198. The molecule has 0 fully saturated rings. The Morgan fingerprint density at radius 2 is 0.808 bits per heavy atom. The van der Waals surface area contributed by atoms with E-state index in [1.54, 1.807) is 0 Å². The van der Waals surface area contributed by atoms with Crippen LogP contribution in [0.25, 0.3) is 0 Å². The highest BCUT2D eigenvalue weighted by Crippen LogP contribution is 1.84. The molecule has 0 radical (unpaired) electrons. The Bertz CT molecular complexity index is 325. The van der Waals surface area contributed by atoms with E-state index in [0.29, 0.717) is 72.7 Å². The molecule has 0 aromatic heterocycles. The summed E-state index contributed by atoms with van der Waals surface area (Å²) < 4.78 is 63.0. The van der Waals surface area contributed by atoms with Gasteiger partial charge in [0.25, 0.3) is 0 Å². The van der Waals surface area contributed by atoms with Crippen LogP contribution in [0.15, 0.2) is 0 Å². The van der Waals surface area contributed by atoms with Crippen LogP contribution in [0.2, 0.25) is 0 Å². The molecule has 160 valence electrons. The van der Waals surface area contributed by atoms with Gasteiger partial charge in [0.1, 0.15) is 0 Å². The van der Waals surface area contributed by atoms with Crippen LogP contribution >= 0.6 is 0 Å². The van der Waals surface area contributed by atoms with Crippen molar-refractivity contribution < 1.29 is 51.1 Å². The standard InChI is InChI=1S/C14H30O7.H2O4S/c1-2-16-5-6-18-9-10-20-13-14-21-12-11-19-8-7-17-4-3-15;1-5(2,3)4/h15H,2-14H2,1H3;(H2,1,2,3,4). The van der Waals surface area contributed by atoms with Gasteiger partial charge in [0.2, 0.25) is 0 Å². The maximum Gasteiger partial charge on any atom is 0.394 e. The van der Waals surface area contributed by atoms with Gasteiger partial charge in [0.05, 0.1) is 79.3 Å². The molecule has 0 aliphatic heterocycles. The number of hydrogen-bond donors (Lipinski definition) is 3. The first-order chi connectivity index (χ1) is 12.4. The van der Waals surface area contributed by atoms with E-state index in [9.17, 15) is 0 Å². The van der Waals surface area contributed by atoms with Gasteiger partial charge in [0.15, 0.2) is 0 Å². The predicted octanol–water partition coefficient (Wildman–Crippen LogP) is -0.555. The zero-order valence-corrected chi connectivity index (χ0v) is 16.0. The summed E-state index contributed by atoms with van der Waals surface area (Å²) in [5.74, 6) is 0. The second kappa shape index (κ2) is 22.6. The molecule has 0 bridgehead atoms. The van der Waals surface area contributed by atoms with Gasteiger partial charge < -0.3 is 33.5 Å². The molecule has 0 aromatic carbocycles. The van der Waals surface area contributed by atoms with Crippen molar-refractivity contribution in [1.82, 2.24) is 0 Å². The van der Waals surface area contributed by atoms with Crippen molar-refractivity contribution in [3.63, 3.8) is 0 Å². The predicted molar refractivity (Wildman–Crippen MR) is 91.9 cm³/mol. The summed E-state index contributed by atoms with van der Waals surface area (Å²) in [6.45, 7) is 8.61. The van der Waals surface area contributed by atoms with E-state index < -0.39 is 10.4 Å². The monoisotopic (exact) mass is 408 g/mol. The zero-order valence-electron chi connectivity index (χ0n) is 15.2. The van der Waals surface area contributed by atoms with E-state index >= 15 is 0 Å². The Morgan fingerprint density at radius 1 is 0.577 bits per heavy atom. The molecule has 0 aliphatic carbocycles. The summed E-state index contributed by atoms with van der Waals surface area (Å²) in [6, 6.07) is 0. The number of hydrogen-bond acceptors (Lipinski definition) is 9. The van der Waals surface area contributed by atoms with Crippen molar-refractivity contribution in [2.75, 3.05) is 85.9 Å². The van der Waals surface area contributed by atoms with Gasteiger partial charge in [-0.15, -0.1) is 0 Å². The van der Waals surface area contributed by atoms with Crippen molar-refractivity contribution in [2.45, 2.75) is 6.92 Å². The van der Waals surface area contributed by atoms with E-state index in [-0.39, 0.29) is 6.61 Å². The summed E-state index contributed by atoms with van der Waals surface area (Å²) in [5, 5.41) is 8.48. The molecule has 0 rings (SSSR count). The average Bonchev–Trinajstić information content (AvgIpc) is 2.56. The lowest BCUT2D eigenvalue weighted by atomic mass is 10.7. The van der Waals surface area contributed by atoms with E-state index in [1.165, 1.54) is 0 Å². The Labute approximate surface area is 155 Å². The molecule has 12 heteroatoms. The lowest BCUT2D eigenvalue weighted by Crippen LogP contribution is -2.14. The van der Waals surface area contributed by atoms with Gasteiger partial charge in [0, 0.05) is 6.61 Å². The molecular weight excluding hydrogens is 376 g/mol. The van der Waals surface area contributed by atoms with Crippen LogP contribution in [-0.2, 0) is 38.8 Å². The molecule has 0 aliphatic rings. The molecular formula is C14H32O11S. The summed E-state index contributed by atoms with van der Waals surface area (Å²) in [7, 11) is -4.67. The van der Waals surface area contributed by atoms with Gasteiger partial charge in [-0.1, -0.05) is 0 Å². The van der Waals surface area contributed by atoms with Crippen LogP contribution in [0.3, 0.4) is 0 Å². The van der Waals surface area contributed by atoms with Crippen molar-refractivity contribution in [3.8, 4) is 0 Å². The minimum absolute atomic E-state index is 0.0423. The van der Waals surface area contributed by atoms with Crippen LogP contribution in [0, 0.1) is 0 Å². The molecule has 3 N–H and O–H groups in total. The molecule has 0 atom stereocenters. The molecule has 0 spiro atoms. The van der Waals surface area contributed by atoms with Crippen molar-refractivity contribution in [3.05, 3.63) is 0 Å². The van der Waals surface area contributed by atoms with Crippen LogP contribution in [0.4, 0.5) is 0 Å². The summed E-state index contributed by atoms with van der Waals surface area (Å²) in [5.41, 5.74) is 0. The van der Waals surface area contributed by atoms with Crippen molar-refractivity contribution in [1.29, 1.82) is 0 Å². The van der Waals surface area contributed by atoms with Gasteiger partial charge in [-0.25, -0.2) is 0 Å². The minimum atomic E-state index is -4.67. The minimum Gasteiger partial charge on any atom is -0.394 e. The van der Waals surface area contributed by atoms with Gasteiger partial charge >= 0.3 is 10.4 Å². The fourth-order valence-electron chi connectivity index (χ4n) is 1.31. The molecule has 0 amide bonds. The van der Waals surface area contributed by atoms with E-state index in [1.807, 2.05) is 6.92 Å². The Balaban J connectivity index is 0. The fourth-order valence-corrected chi connectivity index (χ4v) is 1.31. The third kappa shape index (κ3) is 38.9. The fraction of sp³-hybridized carbons (Fsp3) is 1.00. The van der Waals surface area contributed by atoms with E-state index in [4.69, 9.17) is 51.1 Å². The summed E-state index contributed by atoms with van der Waals surface area (Å²) in [4.78, 5) is 0. The van der Waals surface area contributed by atoms with E-state index in [2.05, 4.69) is 0 Å². The van der Waals surface area contributed by atoms with E-state index in [0.717, 1.165) is 6.61 Å². The maximum absolute atomic E-state index is 8.74. The second-order valence-electron chi connectivity index (χ2n) is 4.43. The Hall–Kier alpha value is -0.410. The normalized spacial score (nSPS) is 11.2. The lowest BCUT2D eigenvalue weighted by Gasteiger charge is -2.07. The van der Waals surface area contributed by atoms with Crippen molar-refractivity contribution >= 4 is 10.4 Å². The molecule has 26 heavy (non-hydrogen) atoms. The molecule has 0 saturated carbocycles. The first-order valence-electron chi connectivity index (χ1n) is 8.19. The highest BCUT2D eigenvalue weighted by Gasteiger charge is 1.93. The SMILES string of the molecule is CCOCCOCCOCCOCCOCCOCCO.O=S(=O)(O)O. The first kappa shape index (κ1) is 27.8. The second-order valence-corrected chi connectivity index (χ2v) is 5.33. The molecule has 0 heterocycles. The first-order valence-corrected chi connectivity index (χ1v) is 9.58. The molecule has 0 saturated heterocycles. The van der Waals surface area contributed by atoms with Gasteiger partial charge in [-0.3, -0.25) is 9.11 Å². The third-order valence-electron chi connectivity index (χ3n) is 2.30. The van der Waals surface area contributed by atoms with Crippen LogP contribution in [0.5, 0.6) is 0 Å². The number of rotatable bonds is 18. The number of aliphatic hydroxyl groups excluding tert-OH is 1. The summed E-state index contributed by atoms with van der Waals surface area (Å²) in [6.07, 6.45) is 0. The summed E-state index contributed by atoms with van der Waals surface area (Å²) >= 11 is 0. The Kier molecular flexibility index (Phi) is 24.2. The average molecular weight is 408 g/mol. The van der Waals surface area contributed by atoms with Gasteiger partial charge in [-0.2, -0.15) is 8.42 Å². The maximum atomic E-state index is 8.74. The van der Waals surface area contributed by atoms with Gasteiger partial charge in [-0.05, 0) is 6.92 Å². The lowest BCUT2D eigenvalue weighted by molar-refractivity contribution is -0.0177. The van der Waals surface area contributed by atoms with Crippen LogP contribution < -0.4 is 0 Å². The zero-order chi connectivity index (χ0) is 19.9. The highest BCUT2D eigenvalue weighted by molar-refractivity contribution is 7.79. The van der Waals surface area contributed by atoms with Crippen LogP contribution in [0.1, 0.15) is 6.92 Å². The number of ether oxygens (including phenoxy) is 6. The van der Waals surface area contributed by atoms with Crippen molar-refractivity contribution in [2.24, 2.45) is 0 Å². The highest BCUT2D eigenvalue weighted by atomic mass is 32.3. The van der Waals surface area contributed by atoms with Crippen LogP contribution in [-0.4, -0.2) is 109 Å². The molecule has 0 aromatic rings. The molecule has 0 unspecified atom stereocenters. The number of aliphatic hydroxyl groups is 1.